The van der Waals surface area contributed by atoms with Crippen LogP contribution in [0.15, 0.2) is 6.20 Å². The lowest BCUT2D eigenvalue weighted by molar-refractivity contribution is -0.0210. The topological polar surface area (TPSA) is 47.0 Å². The van der Waals surface area contributed by atoms with Crippen LogP contribution in [-0.2, 0) is 16.8 Å². The minimum Gasteiger partial charge on any atom is -0.368 e. The van der Waals surface area contributed by atoms with Crippen molar-refractivity contribution >= 4 is 0 Å². The number of hydrogen-bond donors (Lipinski definition) is 1. The van der Waals surface area contributed by atoms with Gasteiger partial charge in [-0.1, -0.05) is 13.3 Å². The quantitative estimate of drug-likeness (QED) is 0.840. The van der Waals surface area contributed by atoms with Gasteiger partial charge >= 0.3 is 0 Å². The molecule has 0 spiro atoms. The van der Waals surface area contributed by atoms with Crippen LogP contribution in [0.2, 0.25) is 0 Å². The van der Waals surface area contributed by atoms with E-state index in [-0.39, 0.29) is 0 Å². The van der Waals surface area contributed by atoms with Gasteiger partial charge < -0.3 is 10.1 Å². The normalized spacial score (nSPS) is 19.5. The van der Waals surface area contributed by atoms with Gasteiger partial charge in [0.1, 0.15) is 5.60 Å². The second kappa shape index (κ2) is 6.64. The second-order valence-corrected chi connectivity index (χ2v) is 5.90. The number of ether oxygens (including phenoxy) is 1. The summed E-state index contributed by atoms with van der Waals surface area (Å²) in [5.74, 6) is 0.801. The zero-order valence-electron chi connectivity index (χ0n) is 13.2. The minimum atomic E-state index is -0.413. The highest BCUT2D eigenvalue weighted by Crippen LogP contribution is 2.29. The maximum absolute atomic E-state index is 5.77. The predicted octanol–water partition coefficient (Wildman–Crippen LogP) is 3.13. The van der Waals surface area contributed by atoms with Crippen molar-refractivity contribution in [1.29, 1.82) is 0 Å². The van der Waals surface area contributed by atoms with E-state index in [0.29, 0.717) is 12.6 Å². The highest BCUT2D eigenvalue weighted by molar-refractivity contribution is 5.24. The molecule has 1 aromatic rings. The van der Waals surface area contributed by atoms with E-state index in [1.807, 2.05) is 27.0 Å². The molecule has 4 heteroatoms. The molecule has 0 radical (unpaired) electrons. The number of rotatable bonds is 5. The van der Waals surface area contributed by atoms with Crippen LogP contribution in [0.1, 0.15) is 70.1 Å². The zero-order chi connectivity index (χ0) is 14.6. The summed E-state index contributed by atoms with van der Waals surface area (Å²) in [6.45, 7) is 9.89. The Labute approximate surface area is 122 Å². The highest BCUT2D eigenvalue weighted by atomic mass is 16.5. The lowest BCUT2D eigenvalue weighted by Crippen LogP contribution is -2.27. The molecule has 0 saturated heterocycles. The summed E-state index contributed by atoms with van der Waals surface area (Å²) < 4.78 is 5.77. The van der Waals surface area contributed by atoms with Crippen LogP contribution >= 0.6 is 0 Å². The van der Waals surface area contributed by atoms with Gasteiger partial charge in [-0.15, -0.1) is 0 Å². The number of fused-ring (bicyclic) bond motifs is 1. The monoisotopic (exact) mass is 277 g/mol. The fourth-order valence-corrected chi connectivity index (χ4v) is 2.89. The van der Waals surface area contributed by atoms with Crippen molar-refractivity contribution in [2.45, 2.75) is 65.0 Å². The molecule has 1 aromatic heterocycles. The average molecular weight is 277 g/mol. The minimum absolute atomic E-state index is 0.404. The number of hydrogen-bond acceptors (Lipinski definition) is 4. The van der Waals surface area contributed by atoms with Gasteiger partial charge in [0, 0.05) is 30.1 Å². The zero-order valence-corrected chi connectivity index (χ0v) is 13.2. The third kappa shape index (κ3) is 3.36. The van der Waals surface area contributed by atoms with Gasteiger partial charge in [-0.25, -0.2) is 9.97 Å². The van der Waals surface area contributed by atoms with Crippen LogP contribution in [0.4, 0.5) is 0 Å². The van der Waals surface area contributed by atoms with Crippen LogP contribution in [-0.4, -0.2) is 23.1 Å². The molecule has 0 amide bonds. The van der Waals surface area contributed by atoms with Crippen molar-refractivity contribution in [2.24, 2.45) is 0 Å². The largest absolute Gasteiger partial charge is 0.368 e. The van der Waals surface area contributed by atoms with Crippen LogP contribution in [0, 0.1) is 0 Å². The van der Waals surface area contributed by atoms with Gasteiger partial charge in [0.25, 0.3) is 0 Å². The van der Waals surface area contributed by atoms with Gasteiger partial charge in [0.2, 0.25) is 0 Å². The van der Waals surface area contributed by atoms with Gasteiger partial charge in [-0.2, -0.15) is 0 Å². The van der Waals surface area contributed by atoms with Crippen molar-refractivity contribution in [2.75, 3.05) is 13.2 Å². The van der Waals surface area contributed by atoms with Gasteiger partial charge in [0.05, 0.1) is 0 Å². The third-order valence-electron chi connectivity index (χ3n) is 3.93. The molecule has 2 rings (SSSR count). The Bertz CT molecular complexity index is 445. The van der Waals surface area contributed by atoms with Crippen molar-refractivity contribution in [1.82, 2.24) is 15.3 Å². The molecule has 1 heterocycles. The van der Waals surface area contributed by atoms with Gasteiger partial charge in [-0.05, 0) is 46.6 Å². The molecular formula is C16H27N3O. The van der Waals surface area contributed by atoms with Crippen LogP contribution in [0.5, 0.6) is 0 Å². The smallest absolute Gasteiger partial charge is 0.159 e. The van der Waals surface area contributed by atoms with E-state index >= 15 is 0 Å². The molecule has 20 heavy (non-hydrogen) atoms. The molecule has 0 saturated carbocycles. The Morgan fingerprint density at radius 2 is 2.15 bits per heavy atom. The lowest BCUT2D eigenvalue weighted by atomic mass is 10.0. The summed E-state index contributed by atoms with van der Waals surface area (Å²) >= 11 is 0. The first kappa shape index (κ1) is 15.4. The predicted molar refractivity (Wildman–Crippen MR) is 80.7 cm³/mol. The van der Waals surface area contributed by atoms with Crippen molar-refractivity contribution in [3.8, 4) is 0 Å². The third-order valence-corrected chi connectivity index (χ3v) is 3.93. The fraction of sp³-hybridized carbons (Fsp3) is 0.750. The molecule has 4 nitrogen and oxygen atoms in total. The average Bonchev–Trinajstić information content (AvgIpc) is 2.61. The molecular weight excluding hydrogens is 250 g/mol. The van der Waals surface area contributed by atoms with E-state index in [2.05, 4.69) is 17.2 Å². The van der Waals surface area contributed by atoms with E-state index in [1.54, 1.807) is 0 Å². The molecule has 0 aliphatic heterocycles. The maximum atomic E-state index is 5.77. The first-order valence-electron chi connectivity index (χ1n) is 7.82. The van der Waals surface area contributed by atoms with Gasteiger partial charge in [0.15, 0.2) is 5.82 Å². The summed E-state index contributed by atoms with van der Waals surface area (Å²) in [5.41, 5.74) is 2.07. The Morgan fingerprint density at radius 1 is 1.35 bits per heavy atom. The molecule has 0 bridgehead atoms. The molecule has 0 fully saturated rings. The maximum Gasteiger partial charge on any atom is 0.159 e. The number of nitrogens with one attached hydrogen (secondary N) is 1. The van der Waals surface area contributed by atoms with Gasteiger partial charge in [-0.3, -0.25) is 0 Å². The molecule has 1 atom stereocenters. The molecule has 112 valence electrons. The van der Waals surface area contributed by atoms with Crippen LogP contribution in [0.25, 0.3) is 0 Å². The SMILES string of the molecule is CCNC1CCCCc2nc(C(C)(C)OCC)ncc21. The second-order valence-electron chi connectivity index (χ2n) is 5.90. The van der Waals surface area contributed by atoms with E-state index in [1.165, 1.54) is 30.5 Å². The van der Waals surface area contributed by atoms with Crippen LogP contribution < -0.4 is 5.32 Å². The fourth-order valence-electron chi connectivity index (χ4n) is 2.89. The number of aromatic nitrogens is 2. The van der Waals surface area contributed by atoms with E-state index in [0.717, 1.165) is 18.8 Å². The van der Waals surface area contributed by atoms with Crippen molar-refractivity contribution in [3.63, 3.8) is 0 Å². The summed E-state index contributed by atoms with van der Waals surface area (Å²) in [5, 5.41) is 3.55. The Morgan fingerprint density at radius 3 is 2.85 bits per heavy atom. The Balaban J connectivity index is 2.32. The molecule has 0 aromatic carbocycles. The van der Waals surface area contributed by atoms with E-state index in [9.17, 15) is 0 Å². The Kier molecular flexibility index (Phi) is 5.11. The molecule has 1 aliphatic carbocycles. The molecule has 1 N–H and O–H groups in total. The highest BCUT2D eigenvalue weighted by Gasteiger charge is 2.27. The van der Waals surface area contributed by atoms with Crippen molar-refractivity contribution in [3.05, 3.63) is 23.3 Å². The Hall–Kier alpha value is -1.00. The summed E-state index contributed by atoms with van der Waals surface area (Å²) in [6, 6.07) is 0.404. The summed E-state index contributed by atoms with van der Waals surface area (Å²) in [7, 11) is 0. The molecule has 1 unspecified atom stereocenters. The summed E-state index contributed by atoms with van der Waals surface area (Å²) in [6.07, 6.45) is 6.70. The number of nitrogens with zero attached hydrogens (tertiary/aromatic N) is 2. The number of aryl methyl sites for hydroxylation is 1. The first-order valence-corrected chi connectivity index (χ1v) is 7.82. The molecule has 1 aliphatic rings. The van der Waals surface area contributed by atoms with E-state index in [4.69, 9.17) is 9.72 Å². The standard InChI is InChI=1S/C16H27N3O/c1-5-17-13-9-7-8-10-14-12(13)11-18-15(19-14)16(3,4)20-6-2/h11,13,17H,5-10H2,1-4H3. The summed E-state index contributed by atoms with van der Waals surface area (Å²) in [4.78, 5) is 9.40. The lowest BCUT2D eigenvalue weighted by Gasteiger charge is -2.25. The first-order chi connectivity index (χ1) is 9.58. The van der Waals surface area contributed by atoms with Crippen LogP contribution in [0.3, 0.4) is 0 Å². The van der Waals surface area contributed by atoms with E-state index < -0.39 is 5.60 Å². The van der Waals surface area contributed by atoms with Crippen molar-refractivity contribution < 1.29 is 4.74 Å².